The first-order valence-corrected chi connectivity index (χ1v) is 10.5. The van der Waals surface area contributed by atoms with Gasteiger partial charge in [-0.25, -0.2) is 13.2 Å². The minimum atomic E-state index is -4.70. The maximum Gasteiger partial charge on any atom is 0.416 e. The Morgan fingerprint density at radius 2 is 1.97 bits per heavy atom. The molecule has 0 atom stereocenters. The zero-order valence-electron chi connectivity index (χ0n) is 16.3. The lowest BCUT2D eigenvalue weighted by molar-refractivity contribution is -0.137. The number of methoxy groups -OCH3 is 1. The van der Waals surface area contributed by atoms with Gasteiger partial charge in [0.05, 0.1) is 36.2 Å². The number of alkyl halides is 3. The van der Waals surface area contributed by atoms with Crippen LogP contribution in [0.3, 0.4) is 0 Å². The highest BCUT2D eigenvalue weighted by molar-refractivity contribution is 7.92. The number of nitrogens with zero attached hydrogens (tertiary/aromatic N) is 1. The molecule has 2 N–H and O–H groups in total. The lowest BCUT2D eigenvalue weighted by atomic mass is 10.1. The van der Waals surface area contributed by atoms with Gasteiger partial charge in [0.1, 0.15) is 17.4 Å². The highest BCUT2D eigenvalue weighted by Gasteiger charge is 2.33. The molecule has 12 heteroatoms. The number of hydrogen-bond acceptors (Lipinski definition) is 6. The Balaban J connectivity index is 2.09. The van der Waals surface area contributed by atoms with Gasteiger partial charge < -0.3 is 19.5 Å². The number of carboxylic acids is 1. The molecule has 0 saturated carbocycles. The largest absolute Gasteiger partial charge is 0.495 e. The van der Waals surface area contributed by atoms with Crippen LogP contribution >= 0.6 is 0 Å². The summed E-state index contributed by atoms with van der Waals surface area (Å²) in [6.45, 7) is 1.02. The zero-order chi connectivity index (χ0) is 22.8. The van der Waals surface area contributed by atoms with E-state index in [1.54, 1.807) is 4.90 Å². The van der Waals surface area contributed by atoms with Crippen LogP contribution in [0.2, 0.25) is 0 Å². The molecule has 0 radical (unpaired) electrons. The molecule has 1 aliphatic heterocycles. The van der Waals surface area contributed by atoms with E-state index in [0.29, 0.717) is 25.6 Å². The van der Waals surface area contributed by atoms with Gasteiger partial charge in [-0.05, 0) is 42.8 Å². The number of benzene rings is 2. The number of rotatable bonds is 6. The smallest absolute Gasteiger partial charge is 0.416 e. The molecular weight excluding hydrogens is 441 g/mol. The second-order valence-corrected chi connectivity index (χ2v) is 8.31. The summed E-state index contributed by atoms with van der Waals surface area (Å²) in [5, 5.41) is 9.17. The minimum Gasteiger partial charge on any atom is -0.495 e. The number of anilines is 2. The summed E-state index contributed by atoms with van der Waals surface area (Å²) in [5.74, 6) is -1.53. The zero-order valence-corrected chi connectivity index (χ0v) is 17.1. The molecule has 1 saturated heterocycles. The number of sulfonamides is 1. The fraction of sp³-hybridized carbons (Fsp3) is 0.316. The molecule has 8 nitrogen and oxygen atoms in total. The Morgan fingerprint density at radius 1 is 1.23 bits per heavy atom. The average molecular weight is 460 g/mol. The van der Waals surface area contributed by atoms with Gasteiger partial charge in [-0.3, -0.25) is 4.72 Å². The van der Waals surface area contributed by atoms with Gasteiger partial charge in [-0.2, -0.15) is 13.2 Å². The molecule has 0 aliphatic carbocycles. The van der Waals surface area contributed by atoms with Crippen molar-refractivity contribution in [2.75, 3.05) is 36.6 Å². The van der Waals surface area contributed by atoms with Crippen molar-refractivity contribution in [3.63, 3.8) is 0 Å². The highest BCUT2D eigenvalue weighted by Crippen LogP contribution is 2.37. The van der Waals surface area contributed by atoms with E-state index in [1.165, 1.54) is 13.2 Å². The Kier molecular flexibility index (Phi) is 6.32. The Bertz CT molecular complexity index is 1080. The first-order chi connectivity index (χ1) is 14.5. The van der Waals surface area contributed by atoms with Crippen LogP contribution in [0.4, 0.5) is 24.5 Å². The molecule has 0 aromatic heterocycles. The van der Waals surface area contributed by atoms with Gasteiger partial charge in [-0.1, -0.05) is 0 Å². The molecule has 1 aliphatic rings. The number of hydrogen-bond donors (Lipinski definition) is 2. The first-order valence-electron chi connectivity index (χ1n) is 9.01. The van der Waals surface area contributed by atoms with E-state index >= 15 is 0 Å². The van der Waals surface area contributed by atoms with Crippen LogP contribution < -0.4 is 14.4 Å². The third kappa shape index (κ3) is 5.02. The average Bonchev–Trinajstić information content (AvgIpc) is 2.73. The van der Waals surface area contributed by atoms with Crippen molar-refractivity contribution in [2.24, 2.45) is 0 Å². The van der Waals surface area contributed by atoms with E-state index in [-0.39, 0.29) is 29.4 Å². The van der Waals surface area contributed by atoms with Crippen molar-refractivity contribution in [1.82, 2.24) is 0 Å². The summed E-state index contributed by atoms with van der Waals surface area (Å²) >= 11 is 0. The van der Waals surface area contributed by atoms with Crippen LogP contribution in [-0.2, 0) is 20.9 Å². The standard InChI is InChI=1S/C19H19F3N2O6S/c1-29-16-6-3-12(18(25)26)9-17(16)31(27,28)23-14-10-13(19(20,21)22)4-5-15(14)24-7-2-8-30-11-24/h3-6,9-10,23H,2,7-8,11H2,1H3,(H,25,26). The molecule has 1 heterocycles. The van der Waals surface area contributed by atoms with Crippen molar-refractivity contribution < 1.29 is 41.0 Å². The molecule has 31 heavy (non-hydrogen) atoms. The number of ether oxygens (including phenoxy) is 2. The Labute approximate surface area is 176 Å². The molecule has 0 bridgehead atoms. The fourth-order valence-electron chi connectivity index (χ4n) is 3.08. The molecular formula is C19H19F3N2O6S. The van der Waals surface area contributed by atoms with E-state index in [9.17, 15) is 26.4 Å². The molecule has 3 rings (SSSR count). The van der Waals surface area contributed by atoms with Gasteiger partial charge in [-0.15, -0.1) is 0 Å². The second kappa shape index (κ2) is 8.63. The number of carbonyl (C=O) groups is 1. The number of carboxylic acid groups (broad SMARTS) is 1. The lowest BCUT2D eigenvalue weighted by Crippen LogP contribution is -2.34. The highest BCUT2D eigenvalue weighted by atomic mass is 32.2. The van der Waals surface area contributed by atoms with Crippen LogP contribution in [0.15, 0.2) is 41.3 Å². The van der Waals surface area contributed by atoms with Crippen molar-refractivity contribution in [2.45, 2.75) is 17.5 Å². The third-order valence-corrected chi connectivity index (χ3v) is 5.96. The second-order valence-electron chi connectivity index (χ2n) is 6.66. The first kappa shape index (κ1) is 22.7. The fourth-order valence-corrected chi connectivity index (χ4v) is 4.34. The van der Waals surface area contributed by atoms with Gasteiger partial charge >= 0.3 is 12.1 Å². The Morgan fingerprint density at radius 3 is 2.55 bits per heavy atom. The molecule has 1 fully saturated rings. The molecule has 0 spiro atoms. The molecule has 2 aromatic carbocycles. The van der Waals surface area contributed by atoms with E-state index in [2.05, 4.69) is 4.72 Å². The molecule has 2 aromatic rings. The van der Waals surface area contributed by atoms with Crippen LogP contribution in [-0.4, -0.2) is 46.5 Å². The predicted molar refractivity (Wildman–Crippen MR) is 105 cm³/mol. The summed E-state index contributed by atoms with van der Waals surface area (Å²) in [7, 11) is -3.32. The van der Waals surface area contributed by atoms with Gasteiger partial charge in [0.2, 0.25) is 0 Å². The number of aromatic carboxylic acids is 1. The molecule has 168 valence electrons. The topological polar surface area (TPSA) is 105 Å². The van der Waals surface area contributed by atoms with Crippen LogP contribution in [0.25, 0.3) is 0 Å². The third-order valence-electron chi connectivity index (χ3n) is 4.57. The monoisotopic (exact) mass is 460 g/mol. The van der Waals surface area contributed by atoms with Crippen molar-refractivity contribution >= 4 is 27.4 Å². The Hall–Kier alpha value is -2.99. The number of nitrogens with one attached hydrogen (secondary N) is 1. The van der Waals surface area contributed by atoms with Crippen molar-refractivity contribution in [3.8, 4) is 5.75 Å². The predicted octanol–water partition coefficient (Wildman–Crippen LogP) is 3.40. The van der Waals surface area contributed by atoms with E-state index in [1.807, 2.05) is 0 Å². The van der Waals surface area contributed by atoms with Crippen molar-refractivity contribution in [3.05, 3.63) is 47.5 Å². The minimum absolute atomic E-state index is 0.0813. The van der Waals surface area contributed by atoms with Crippen LogP contribution in [0.1, 0.15) is 22.3 Å². The molecule has 0 unspecified atom stereocenters. The normalized spacial score (nSPS) is 14.9. The van der Waals surface area contributed by atoms with E-state index in [0.717, 1.165) is 24.3 Å². The maximum absolute atomic E-state index is 13.3. The van der Waals surface area contributed by atoms with Crippen LogP contribution in [0.5, 0.6) is 5.75 Å². The summed E-state index contributed by atoms with van der Waals surface area (Å²) < 4.78 is 78.3. The summed E-state index contributed by atoms with van der Waals surface area (Å²) in [6.07, 6.45) is -4.08. The molecule has 0 amide bonds. The summed E-state index contributed by atoms with van der Waals surface area (Å²) in [6, 6.07) is 5.90. The summed E-state index contributed by atoms with van der Waals surface area (Å²) in [5.41, 5.74) is -1.49. The van der Waals surface area contributed by atoms with Gasteiger partial charge in [0.25, 0.3) is 10.0 Å². The van der Waals surface area contributed by atoms with E-state index in [4.69, 9.17) is 14.6 Å². The SMILES string of the molecule is COc1ccc(C(=O)O)cc1S(=O)(=O)Nc1cc(C(F)(F)F)ccc1N1CCCOC1. The van der Waals surface area contributed by atoms with E-state index < -0.39 is 32.6 Å². The van der Waals surface area contributed by atoms with Crippen LogP contribution in [0, 0.1) is 0 Å². The lowest BCUT2D eigenvalue weighted by Gasteiger charge is -2.31. The van der Waals surface area contributed by atoms with Gasteiger partial charge in [0, 0.05) is 6.54 Å². The quantitative estimate of drug-likeness (QED) is 0.681. The van der Waals surface area contributed by atoms with Gasteiger partial charge in [0.15, 0.2) is 0 Å². The summed E-state index contributed by atoms with van der Waals surface area (Å²) in [4.78, 5) is 12.3. The maximum atomic E-state index is 13.3. The number of halogens is 3. The van der Waals surface area contributed by atoms with Crippen molar-refractivity contribution in [1.29, 1.82) is 0 Å².